The Kier molecular flexibility index (Phi) is 4.67. The van der Waals surface area contributed by atoms with E-state index in [4.69, 9.17) is 4.18 Å². The van der Waals surface area contributed by atoms with Crippen LogP contribution in [0.5, 0.6) is 5.75 Å². The summed E-state index contributed by atoms with van der Waals surface area (Å²) in [5, 5.41) is 0. The molecule has 1 heterocycles. The lowest BCUT2D eigenvalue weighted by Crippen LogP contribution is -2.36. The number of anilines is 1. The summed E-state index contributed by atoms with van der Waals surface area (Å²) in [7, 11) is -3.91. The van der Waals surface area contributed by atoms with E-state index in [0.29, 0.717) is 18.8 Å². The van der Waals surface area contributed by atoms with Crippen molar-refractivity contribution < 1.29 is 17.4 Å². The molecule has 0 atom stereocenters. The van der Waals surface area contributed by atoms with Crippen LogP contribution in [0.25, 0.3) is 0 Å². The van der Waals surface area contributed by atoms with E-state index in [1.54, 1.807) is 52.3 Å². The molecule has 1 aliphatic heterocycles. The number of para-hydroxylation sites is 1. The first-order valence-corrected chi connectivity index (χ1v) is 9.47. The molecule has 7 heteroatoms. The number of urea groups is 1. The average Bonchev–Trinajstić information content (AvgIpc) is 2.97. The summed E-state index contributed by atoms with van der Waals surface area (Å²) in [5.41, 5.74) is 0.673. The second kappa shape index (κ2) is 6.76. The molecule has 0 aromatic heterocycles. The summed E-state index contributed by atoms with van der Waals surface area (Å²) < 4.78 is 29.8. The molecule has 2 amide bonds. The number of hydrogen-bond donors (Lipinski definition) is 0. The number of benzene rings is 2. The number of hydrogen-bond acceptors (Lipinski definition) is 4. The number of carbonyl (C=O) groups excluding carboxylic acids is 1. The smallest absolute Gasteiger partial charge is 0.339 e. The lowest BCUT2D eigenvalue weighted by atomic mass is 10.3. The SMILES string of the molecule is CC(C)N1CCN(c2ccc(S(=O)(=O)Oc3ccccc3)cc2)C1=O. The maximum atomic E-state index is 12.4. The van der Waals surface area contributed by atoms with Crippen LogP contribution in [0.4, 0.5) is 10.5 Å². The fourth-order valence-electron chi connectivity index (χ4n) is 2.72. The van der Waals surface area contributed by atoms with Crippen LogP contribution in [0.2, 0.25) is 0 Å². The lowest BCUT2D eigenvalue weighted by Gasteiger charge is -2.21. The molecule has 25 heavy (non-hydrogen) atoms. The molecule has 1 aliphatic rings. The molecule has 0 bridgehead atoms. The number of rotatable bonds is 5. The van der Waals surface area contributed by atoms with Gasteiger partial charge in [0.2, 0.25) is 0 Å². The molecule has 1 fully saturated rings. The molecule has 0 spiro atoms. The van der Waals surface area contributed by atoms with Crippen LogP contribution in [0.1, 0.15) is 13.8 Å². The van der Waals surface area contributed by atoms with Crippen LogP contribution < -0.4 is 9.08 Å². The van der Waals surface area contributed by atoms with Crippen molar-refractivity contribution in [2.45, 2.75) is 24.8 Å². The zero-order valence-corrected chi connectivity index (χ0v) is 14.9. The summed E-state index contributed by atoms with van der Waals surface area (Å²) in [6, 6.07) is 14.6. The van der Waals surface area contributed by atoms with Gasteiger partial charge in [0.1, 0.15) is 10.6 Å². The highest BCUT2D eigenvalue weighted by atomic mass is 32.2. The lowest BCUT2D eigenvalue weighted by molar-refractivity contribution is 0.209. The summed E-state index contributed by atoms with van der Waals surface area (Å²) >= 11 is 0. The highest BCUT2D eigenvalue weighted by molar-refractivity contribution is 7.87. The van der Waals surface area contributed by atoms with Gasteiger partial charge in [0.05, 0.1) is 0 Å². The van der Waals surface area contributed by atoms with Crippen molar-refractivity contribution in [2.75, 3.05) is 18.0 Å². The number of amides is 2. The molecule has 3 rings (SSSR count). The molecule has 0 unspecified atom stereocenters. The van der Waals surface area contributed by atoms with E-state index in [0.717, 1.165) is 0 Å². The van der Waals surface area contributed by atoms with E-state index in [9.17, 15) is 13.2 Å². The Hall–Kier alpha value is -2.54. The summed E-state index contributed by atoms with van der Waals surface area (Å²) in [6.45, 7) is 5.19. The Bertz CT molecular complexity index is 848. The molecule has 6 nitrogen and oxygen atoms in total. The van der Waals surface area contributed by atoms with Gasteiger partial charge in [0.25, 0.3) is 0 Å². The maximum absolute atomic E-state index is 12.4. The monoisotopic (exact) mass is 360 g/mol. The number of nitrogens with zero attached hydrogens (tertiary/aromatic N) is 2. The van der Waals surface area contributed by atoms with E-state index < -0.39 is 10.1 Å². The van der Waals surface area contributed by atoms with Crippen molar-refractivity contribution >= 4 is 21.8 Å². The topological polar surface area (TPSA) is 66.9 Å². The fourth-order valence-corrected chi connectivity index (χ4v) is 3.65. The molecular formula is C18H20N2O4S. The van der Waals surface area contributed by atoms with Crippen LogP contribution in [0.3, 0.4) is 0 Å². The van der Waals surface area contributed by atoms with E-state index in [1.165, 1.54) is 12.1 Å². The van der Waals surface area contributed by atoms with E-state index in [1.807, 2.05) is 13.8 Å². The third-order valence-corrected chi connectivity index (χ3v) is 5.31. The molecule has 0 radical (unpaired) electrons. The van der Waals surface area contributed by atoms with Crippen molar-refractivity contribution in [3.8, 4) is 5.75 Å². The molecular weight excluding hydrogens is 340 g/mol. The third kappa shape index (κ3) is 3.61. The second-order valence-electron chi connectivity index (χ2n) is 6.07. The minimum absolute atomic E-state index is 0.0486. The zero-order valence-electron chi connectivity index (χ0n) is 14.1. The van der Waals surface area contributed by atoms with Gasteiger partial charge in [0.15, 0.2) is 0 Å². The molecule has 0 saturated carbocycles. The Morgan fingerprint density at radius 1 is 0.960 bits per heavy atom. The van der Waals surface area contributed by atoms with Crippen LogP contribution >= 0.6 is 0 Å². The normalized spacial score (nSPS) is 15.1. The molecule has 0 aliphatic carbocycles. The Labute approximate surface area is 147 Å². The highest BCUT2D eigenvalue weighted by Gasteiger charge is 2.31. The van der Waals surface area contributed by atoms with Gasteiger partial charge in [-0.1, -0.05) is 18.2 Å². The predicted octanol–water partition coefficient (Wildman–Crippen LogP) is 3.10. The van der Waals surface area contributed by atoms with Crippen LogP contribution in [0, 0.1) is 0 Å². The maximum Gasteiger partial charge on any atom is 0.339 e. The average molecular weight is 360 g/mol. The molecule has 132 valence electrons. The summed E-state index contributed by atoms with van der Waals surface area (Å²) in [4.78, 5) is 15.9. The Morgan fingerprint density at radius 2 is 1.60 bits per heavy atom. The van der Waals surface area contributed by atoms with Crippen molar-refractivity contribution in [1.29, 1.82) is 0 Å². The van der Waals surface area contributed by atoms with E-state index in [-0.39, 0.29) is 22.7 Å². The van der Waals surface area contributed by atoms with Crippen molar-refractivity contribution in [1.82, 2.24) is 4.90 Å². The van der Waals surface area contributed by atoms with Gasteiger partial charge in [-0.25, -0.2) is 4.79 Å². The van der Waals surface area contributed by atoms with Gasteiger partial charge in [-0.2, -0.15) is 8.42 Å². The first-order chi connectivity index (χ1) is 11.9. The van der Waals surface area contributed by atoms with Gasteiger partial charge >= 0.3 is 16.1 Å². The van der Waals surface area contributed by atoms with Gasteiger partial charge < -0.3 is 9.08 Å². The van der Waals surface area contributed by atoms with Crippen LogP contribution in [0.15, 0.2) is 59.5 Å². The highest BCUT2D eigenvalue weighted by Crippen LogP contribution is 2.25. The summed E-state index contributed by atoms with van der Waals surface area (Å²) in [6.07, 6.45) is 0. The van der Waals surface area contributed by atoms with E-state index in [2.05, 4.69) is 0 Å². The first-order valence-electron chi connectivity index (χ1n) is 8.06. The van der Waals surface area contributed by atoms with Gasteiger partial charge in [-0.05, 0) is 50.2 Å². The Morgan fingerprint density at radius 3 is 2.16 bits per heavy atom. The van der Waals surface area contributed by atoms with E-state index >= 15 is 0 Å². The van der Waals surface area contributed by atoms with Crippen molar-refractivity contribution in [3.63, 3.8) is 0 Å². The van der Waals surface area contributed by atoms with Gasteiger partial charge in [-0.3, -0.25) is 4.90 Å². The zero-order chi connectivity index (χ0) is 18.0. The molecule has 0 N–H and O–H groups in total. The standard InChI is InChI=1S/C18H20N2O4S/c1-14(2)19-12-13-20(18(19)21)15-8-10-17(11-9-15)25(22,23)24-16-6-4-3-5-7-16/h3-11,14H,12-13H2,1-2H3. The van der Waals surface area contributed by atoms with Crippen LogP contribution in [-0.4, -0.2) is 38.5 Å². The second-order valence-corrected chi connectivity index (χ2v) is 7.61. The first kappa shape index (κ1) is 17.3. The number of carbonyl (C=O) groups is 1. The largest absolute Gasteiger partial charge is 0.379 e. The molecule has 2 aromatic carbocycles. The molecule has 2 aromatic rings. The fraction of sp³-hybridized carbons (Fsp3) is 0.278. The summed E-state index contributed by atoms with van der Waals surface area (Å²) in [5.74, 6) is 0.258. The van der Waals surface area contributed by atoms with Crippen LogP contribution in [-0.2, 0) is 10.1 Å². The third-order valence-electron chi connectivity index (χ3n) is 4.05. The minimum Gasteiger partial charge on any atom is -0.379 e. The molecule has 1 saturated heterocycles. The minimum atomic E-state index is -3.91. The predicted molar refractivity (Wildman–Crippen MR) is 95.3 cm³/mol. The van der Waals surface area contributed by atoms with Gasteiger partial charge in [0, 0.05) is 24.8 Å². The Balaban J connectivity index is 1.77. The van der Waals surface area contributed by atoms with Gasteiger partial charge in [-0.15, -0.1) is 0 Å². The quantitative estimate of drug-likeness (QED) is 0.769. The van der Waals surface area contributed by atoms with Crippen molar-refractivity contribution in [3.05, 3.63) is 54.6 Å². The van der Waals surface area contributed by atoms with Crippen molar-refractivity contribution in [2.24, 2.45) is 0 Å².